The van der Waals surface area contributed by atoms with Crippen molar-refractivity contribution in [2.75, 3.05) is 13.7 Å². The predicted molar refractivity (Wildman–Crippen MR) is 68.3 cm³/mol. The molecule has 0 aromatic heterocycles. The summed E-state index contributed by atoms with van der Waals surface area (Å²) < 4.78 is 11.2. The van der Waals surface area contributed by atoms with Crippen LogP contribution in [0.3, 0.4) is 0 Å². The van der Waals surface area contributed by atoms with Crippen molar-refractivity contribution in [1.82, 2.24) is 0 Å². The molecule has 1 aliphatic heterocycles. The van der Waals surface area contributed by atoms with Crippen molar-refractivity contribution in [3.8, 4) is 5.75 Å². The highest BCUT2D eigenvalue weighted by Crippen LogP contribution is 2.34. The molecule has 1 aromatic carbocycles. The first-order valence-electron chi connectivity index (χ1n) is 6.31. The van der Waals surface area contributed by atoms with Crippen molar-refractivity contribution in [3.63, 3.8) is 0 Å². The van der Waals surface area contributed by atoms with Crippen LogP contribution in [0.4, 0.5) is 0 Å². The molecule has 0 spiro atoms. The molecule has 0 fully saturated rings. The number of rotatable bonds is 5. The highest BCUT2D eigenvalue weighted by Gasteiger charge is 2.25. The monoisotopic (exact) mass is 235 g/mol. The highest BCUT2D eigenvalue weighted by molar-refractivity contribution is 5.45. The van der Waals surface area contributed by atoms with Crippen molar-refractivity contribution in [3.05, 3.63) is 29.3 Å². The Kier molecular flexibility index (Phi) is 4.02. The van der Waals surface area contributed by atoms with Crippen LogP contribution in [-0.4, -0.2) is 19.8 Å². The summed E-state index contributed by atoms with van der Waals surface area (Å²) in [5, 5.41) is 0. The Morgan fingerprint density at radius 3 is 3.00 bits per heavy atom. The maximum absolute atomic E-state index is 6.30. The molecule has 17 heavy (non-hydrogen) atoms. The van der Waals surface area contributed by atoms with Gasteiger partial charge in [-0.3, -0.25) is 0 Å². The van der Waals surface area contributed by atoms with E-state index in [4.69, 9.17) is 15.2 Å². The predicted octanol–water partition coefficient (Wildman–Crippen LogP) is 2.44. The van der Waals surface area contributed by atoms with Gasteiger partial charge in [-0.25, -0.2) is 0 Å². The lowest BCUT2D eigenvalue weighted by atomic mass is 9.96. The van der Waals surface area contributed by atoms with Crippen LogP contribution in [-0.2, 0) is 11.2 Å². The van der Waals surface area contributed by atoms with Gasteiger partial charge in [-0.2, -0.15) is 0 Å². The van der Waals surface area contributed by atoms with Gasteiger partial charge in [0.15, 0.2) is 0 Å². The van der Waals surface area contributed by atoms with Crippen molar-refractivity contribution in [2.45, 2.75) is 38.3 Å². The first-order chi connectivity index (χ1) is 8.27. The van der Waals surface area contributed by atoms with E-state index in [2.05, 4.69) is 25.1 Å². The van der Waals surface area contributed by atoms with Gasteiger partial charge in [0.05, 0.1) is 18.8 Å². The summed E-state index contributed by atoms with van der Waals surface area (Å²) in [5.41, 5.74) is 8.66. The molecule has 0 saturated carbocycles. The second-order valence-electron chi connectivity index (χ2n) is 4.52. The highest BCUT2D eigenvalue weighted by atomic mass is 16.5. The zero-order valence-corrected chi connectivity index (χ0v) is 10.6. The SMILES string of the molecule is CCCC(OC)C(N)c1cccc2c1OCC2. The standard InChI is InChI=1S/C14H21NO2/c1-3-5-12(16-2)13(15)11-7-4-6-10-8-9-17-14(10)11/h4,6-7,12-13H,3,5,8-9,15H2,1-2H3. The number of nitrogens with two attached hydrogens (primary N) is 1. The molecular weight excluding hydrogens is 214 g/mol. The first kappa shape index (κ1) is 12.4. The third-order valence-electron chi connectivity index (χ3n) is 3.38. The molecule has 0 amide bonds. The third kappa shape index (κ3) is 2.45. The number of benzene rings is 1. The number of fused-ring (bicyclic) bond motifs is 1. The Morgan fingerprint density at radius 1 is 1.47 bits per heavy atom. The zero-order valence-electron chi connectivity index (χ0n) is 10.6. The van der Waals surface area contributed by atoms with Gasteiger partial charge >= 0.3 is 0 Å². The van der Waals surface area contributed by atoms with E-state index in [0.29, 0.717) is 0 Å². The molecule has 2 rings (SSSR count). The first-order valence-corrected chi connectivity index (χ1v) is 6.31. The van der Waals surface area contributed by atoms with Crippen LogP contribution in [0.5, 0.6) is 5.75 Å². The molecule has 1 aromatic rings. The van der Waals surface area contributed by atoms with Crippen molar-refractivity contribution >= 4 is 0 Å². The smallest absolute Gasteiger partial charge is 0.127 e. The van der Waals surface area contributed by atoms with Gasteiger partial charge in [-0.1, -0.05) is 31.5 Å². The molecule has 0 bridgehead atoms. The van der Waals surface area contributed by atoms with E-state index in [1.54, 1.807) is 7.11 Å². The van der Waals surface area contributed by atoms with E-state index in [9.17, 15) is 0 Å². The lowest BCUT2D eigenvalue weighted by Crippen LogP contribution is -2.28. The molecule has 94 valence electrons. The summed E-state index contributed by atoms with van der Waals surface area (Å²) in [6, 6.07) is 6.12. The zero-order chi connectivity index (χ0) is 12.3. The Balaban J connectivity index is 2.24. The van der Waals surface area contributed by atoms with E-state index in [1.165, 1.54) is 5.56 Å². The largest absolute Gasteiger partial charge is 0.493 e. The summed E-state index contributed by atoms with van der Waals surface area (Å²) in [4.78, 5) is 0. The molecule has 0 radical (unpaired) electrons. The van der Waals surface area contributed by atoms with E-state index < -0.39 is 0 Å². The van der Waals surface area contributed by atoms with Crippen LogP contribution < -0.4 is 10.5 Å². The third-order valence-corrected chi connectivity index (χ3v) is 3.38. The van der Waals surface area contributed by atoms with Gasteiger partial charge in [0, 0.05) is 19.1 Å². The van der Waals surface area contributed by atoms with Crippen LogP contribution >= 0.6 is 0 Å². The quantitative estimate of drug-likeness (QED) is 0.852. The lowest BCUT2D eigenvalue weighted by molar-refractivity contribution is 0.0717. The van der Waals surface area contributed by atoms with Crippen LogP contribution in [0.25, 0.3) is 0 Å². The van der Waals surface area contributed by atoms with Gasteiger partial charge in [0.2, 0.25) is 0 Å². The Hall–Kier alpha value is -1.06. The minimum Gasteiger partial charge on any atom is -0.493 e. The van der Waals surface area contributed by atoms with Gasteiger partial charge in [-0.15, -0.1) is 0 Å². The fraction of sp³-hybridized carbons (Fsp3) is 0.571. The Morgan fingerprint density at radius 2 is 2.29 bits per heavy atom. The second kappa shape index (κ2) is 5.52. The fourth-order valence-electron chi connectivity index (χ4n) is 2.43. The van der Waals surface area contributed by atoms with Gasteiger partial charge in [-0.05, 0) is 12.0 Å². The van der Waals surface area contributed by atoms with E-state index in [1.807, 2.05) is 0 Å². The average molecular weight is 235 g/mol. The fourth-order valence-corrected chi connectivity index (χ4v) is 2.43. The molecule has 1 aliphatic rings. The minimum atomic E-state index is -0.104. The number of ether oxygens (including phenoxy) is 2. The Bertz CT molecular complexity index is 378. The summed E-state index contributed by atoms with van der Waals surface area (Å²) in [5.74, 6) is 0.984. The maximum atomic E-state index is 6.30. The summed E-state index contributed by atoms with van der Waals surface area (Å²) >= 11 is 0. The molecule has 2 atom stereocenters. The molecule has 0 saturated heterocycles. The number of hydrogen-bond acceptors (Lipinski definition) is 3. The molecule has 2 unspecified atom stereocenters. The minimum absolute atomic E-state index is 0.0655. The van der Waals surface area contributed by atoms with Crippen LogP contribution in [0.15, 0.2) is 18.2 Å². The topological polar surface area (TPSA) is 44.5 Å². The molecular formula is C14H21NO2. The van der Waals surface area contributed by atoms with E-state index in [-0.39, 0.29) is 12.1 Å². The van der Waals surface area contributed by atoms with Gasteiger partial charge in [0.1, 0.15) is 5.75 Å². The normalized spacial score (nSPS) is 17.4. The summed E-state index contributed by atoms with van der Waals surface area (Å²) in [6.07, 6.45) is 3.10. The second-order valence-corrected chi connectivity index (χ2v) is 4.52. The maximum Gasteiger partial charge on any atom is 0.127 e. The molecule has 2 N–H and O–H groups in total. The number of hydrogen-bond donors (Lipinski definition) is 1. The van der Waals surface area contributed by atoms with Gasteiger partial charge < -0.3 is 15.2 Å². The van der Waals surface area contributed by atoms with Crippen LogP contribution in [0, 0.1) is 0 Å². The van der Waals surface area contributed by atoms with Crippen LogP contribution in [0.2, 0.25) is 0 Å². The van der Waals surface area contributed by atoms with Gasteiger partial charge in [0.25, 0.3) is 0 Å². The van der Waals surface area contributed by atoms with Crippen molar-refractivity contribution in [1.29, 1.82) is 0 Å². The summed E-state index contributed by atoms with van der Waals surface area (Å²) in [6.45, 7) is 2.91. The average Bonchev–Trinajstić information content (AvgIpc) is 2.83. The van der Waals surface area contributed by atoms with Crippen LogP contribution in [0.1, 0.15) is 36.9 Å². The summed E-state index contributed by atoms with van der Waals surface area (Å²) in [7, 11) is 1.73. The van der Waals surface area contributed by atoms with Crippen molar-refractivity contribution < 1.29 is 9.47 Å². The number of methoxy groups -OCH3 is 1. The van der Waals surface area contributed by atoms with Crippen molar-refractivity contribution in [2.24, 2.45) is 5.73 Å². The molecule has 0 aliphatic carbocycles. The molecule has 1 heterocycles. The van der Waals surface area contributed by atoms with E-state index >= 15 is 0 Å². The van der Waals surface area contributed by atoms with E-state index in [0.717, 1.165) is 37.2 Å². The lowest BCUT2D eigenvalue weighted by Gasteiger charge is -2.24. The molecule has 3 nitrogen and oxygen atoms in total. The number of para-hydroxylation sites is 1. The molecule has 3 heteroatoms. The Labute approximate surface area is 103 Å².